The van der Waals surface area contributed by atoms with Gasteiger partial charge in [-0.2, -0.15) is 0 Å². The summed E-state index contributed by atoms with van der Waals surface area (Å²) in [7, 11) is 0. The molecule has 1 heterocycles. The van der Waals surface area contributed by atoms with E-state index in [9.17, 15) is 9.59 Å². The molecule has 0 spiro atoms. The molecule has 2 N–H and O–H groups in total. The maximum Gasteiger partial charge on any atom is 0.271 e. The van der Waals surface area contributed by atoms with Crippen LogP contribution in [0.2, 0.25) is 5.02 Å². The van der Waals surface area contributed by atoms with Crippen molar-refractivity contribution in [1.82, 2.24) is 15.3 Å². The van der Waals surface area contributed by atoms with E-state index >= 15 is 0 Å². The lowest BCUT2D eigenvalue weighted by atomic mass is 10.1. The van der Waals surface area contributed by atoms with E-state index in [0.717, 1.165) is 12.1 Å². The zero-order valence-corrected chi connectivity index (χ0v) is 15.6. The molecule has 0 aliphatic heterocycles. The minimum absolute atomic E-state index is 0.108. The Hall–Kier alpha value is -2.12. The number of nitrogens with one attached hydrogen (secondary N) is 2. The van der Waals surface area contributed by atoms with E-state index in [-0.39, 0.29) is 29.6 Å². The zero-order valence-electron chi connectivity index (χ0n) is 14.0. The van der Waals surface area contributed by atoms with Crippen LogP contribution < -0.4 is 10.6 Å². The van der Waals surface area contributed by atoms with E-state index in [1.54, 1.807) is 0 Å². The number of amides is 2. The van der Waals surface area contributed by atoms with Gasteiger partial charge in [-0.05, 0) is 30.4 Å². The summed E-state index contributed by atoms with van der Waals surface area (Å²) in [6.45, 7) is 2.26. The molecule has 1 aromatic carbocycles. The van der Waals surface area contributed by atoms with Gasteiger partial charge in [-0.15, -0.1) is 0 Å². The lowest BCUT2D eigenvalue weighted by Gasteiger charge is -2.08. The minimum Gasteiger partial charge on any atom is -0.350 e. The van der Waals surface area contributed by atoms with Gasteiger partial charge < -0.3 is 10.6 Å². The maximum atomic E-state index is 12.1. The number of rotatable bonds is 7. The molecule has 25 heavy (non-hydrogen) atoms. The van der Waals surface area contributed by atoms with Crippen LogP contribution in [0.25, 0.3) is 0 Å². The zero-order chi connectivity index (χ0) is 18.2. The highest BCUT2D eigenvalue weighted by Gasteiger charge is 2.14. The molecule has 0 saturated heterocycles. The number of hydrogen-bond acceptors (Lipinski definition) is 5. The Bertz CT molecular complexity index is 753. The van der Waals surface area contributed by atoms with Gasteiger partial charge in [0.25, 0.3) is 5.91 Å². The standard InChI is InChI=1S/C17H19ClN4O2S/c1-3-11-4-6-12(7-5-11)21-14(23)8-9-19-16(24)15-13(18)10-20-17(22-15)25-2/h4-7,10H,3,8-9H2,1-2H3,(H,19,24)(H,21,23). The van der Waals surface area contributed by atoms with Gasteiger partial charge in [-0.3, -0.25) is 9.59 Å². The molecule has 0 saturated carbocycles. The van der Waals surface area contributed by atoms with Crippen LogP contribution in [0.1, 0.15) is 29.4 Å². The van der Waals surface area contributed by atoms with Gasteiger partial charge in [0.1, 0.15) is 0 Å². The van der Waals surface area contributed by atoms with Crippen LogP contribution in [0.15, 0.2) is 35.6 Å². The van der Waals surface area contributed by atoms with Crippen molar-refractivity contribution >= 4 is 40.9 Å². The molecular weight excluding hydrogens is 360 g/mol. The van der Waals surface area contributed by atoms with Crippen molar-refractivity contribution in [2.45, 2.75) is 24.9 Å². The van der Waals surface area contributed by atoms with Crippen molar-refractivity contribution in [1.29, 1.82) is 0 Å². The lowest BCUT2D eigenvalue weighted by Crippen LogP contribution is -2.28. The number of benzene rings is 1. The summed E-state index contributed by atoms with van der Waals surface area (Å²) in [4.78, 5) is 32.1. The highest BCUT2D eigenvalue weighted by atomic mass is 35.5. The van der Waals surface area contributed by atoms with E-state index in [1.807, 2.05) is 30.5 Å². The van der Waals surface area contributed by atoms with Crippen molar-refractivity contribution in [3.05, 3.63) is 46.7 Å². The van der Waals surface area contributed by atoms with Crippen LogP contribution in [-0.4, -0.2) is 34.6 Å². The molecule has 2 rings (SSSR count). The van der Waals surface area contributed by atoms with Crippen molar-refractivity contribution < 1.29 is 9.59 Å². The number of hydrogen-bond donors (Lipinski definition) is 2. The van der Waals surface area contributed by atoms with Gasteiger partial charge in [0.05, 0.1) is 11.2 Å². The average molecular weight is 379 g/mol. The first-order valence-corrected chi connectivity index (χ1v) is 9.37. The fraction of sp³-hybridized carbons (Fsp3) is 0.294. The molecular formula is C17H19ClN4O2S. The van der Waals surface area contributed by atoms with Gasteiger partial charge in [0.2, 0.25) is 5.91 Å². The van der Waals surface area contributed by atoms with Crippen LogP contribution in [0.5, 0.6) is 0 Å². The Balaban J connectivity index is 1.83. The summed E-state index contributed by atoms with van der Waals surface area (Å²) in [5, 5.41) is 6.07. The van der Waals surface area contributed by atoms with Gasteiger partial charge in [0, 0.05) is 18.7 Å². The molecule has 0 bridgehead atoms. The second-order valence-corrected chi connectivity index (χ2v) is 6.34. The number of thioether (sulfide) groups is 1. The molecule has 0 fully saturated rings. The summed E-state index contributed by atoms with van der Waals surface area (Å²) < 4.78 is 0. The van der Waals surface area contributed by atoms with Crippen LogP contribution in [0.3, 0.4) is 0 Å². The molecule has 2 aromatic rings. The number of nitrogens with zero attached hydrogens (tertiary/aromatic N) is 2. The predicted octanol–water partition coefficient (Wildman–Crippen LogP) is 3.17. The topological polar surface area (TPSA) is 84.0 Å². The summed E-state index contributed by atoms with van der Waals surface area (Å²) in [5.74, 6) is -0.606. The molecule has 0 atom stereocenters. The Kier molecular flexibility index (Phi) is 7.21. The Morgan fingerprint density at radius 2 is 1.96 bits per heavy atom. The first-order valence-electron chi connectivity index (χ1n) is 7.77. The van der Waals surface area contributed by atoms with E-state index < -0.39 is 5.91 Å². The molecule has 6 nitrogen and oxygen atoms in total. The molecule has 132 valence electrons. The average Bonchev–Trinajstić information content (AvgIpc) is 2.62. The number of carbonyl (C=O) groups excluding carboxylic acids is 2. The summed E-state index contributed by atoms with van der Waals surface area (Å²) in [5.41, 5.74) is 2.05. The molecule has 2 amide bonds. The second kappa shape index (κ2) is 9.39. The number of anilines is 1. The highest BCUT2D eigenvalue weighted by molar-refractivity contribution is 7.98. The third kappa shape index (κ3) is 5.72. The van der Waals surface area contributed by atoms with E-state index in [1.165, 1.54) is 23.5 Å². The third-order valence-corrected chi connectivity index (χ3v) is 4.24. The molecule has 0 radical (unpaired) electrons. The number of aromatic nitrogens is 2. The predicted molar refractivity (Wildman–Crippen MR) is 100 cm³/mol. The maximum absolute atomic E-state index is 12.1. The molecule has 8 heteroatoms. The van der Waals surface area contributed by atoms with Gasteiger partial charge in [-0.1, -0.05) is 42.4 Å². The summed E-state index contributed by atoms with van der Waals surface area (Å²) in [6.07, 6.45) is 4.30. The first-order chi connectivity index (χ1) is 12.0. The van der Waals surface area contributed by atoms with Crippen LogP contribution in [-0.2, 0) is 11.2 Å². The second-order valence-electron chi connectivity index (χ2n) is 5.16. The SMILES string of the molecule is CCc1ccc(NC(=O)CCNC(=O)c2nc(SC)ncc2Cl)cc1. The van der Waals surface area contributed by atoms with Gasteiger partial charge in [-0.25, -0.2) is 9.97 Å². The van der Waals surface area contributed by atoms with Gasteiger partial charge >= 0.3 is 0 Å². The monoisotopic (exact) mass is 378 g/mol. The lowest BCUT2D eigenvalue weighted by molar-refractivity contribution is -0.116. The van der Waals surface area contributed by atoms with Crippen LogP contribution in [0, 0.1) is 0 Å². The quantitative estimate of drug-likeness (QED) is 0.571. The van der Waals surface area contributed by atoms with E-state index in [2.05, 4.69) is 27.5 Å². The molecule has 0 aliphatic rings. The van der Waals surface area contributed by atoms with Crippen molar-refractivity contribution in [3.63, 3.8) is 0 Å². The fourth-order valence-electron chi connectivity index (χ4n) is 2.03. The minimum atomic E-state index is -0.428. The molecule has 1 aromatic heterocycles. The van der Waals surface area contributed by atoms with Gasteiger partial charge in [0.15, 0.2) is 10.9 Å². The Labute approximate surface area is 155 Å². The largest absolute Gasteiger partial charge is 0.350 e. The summed E-state index contributed by atoms with van der Waals surface area (Å²) >= 11 is 7.26. The van der Waals surface area contributed by atoms with Crippen molar-refractivity contribution in [2.24, 2.45) is 0 Å². The number of carbonyl (C=O) groups is 2. The van der Waals surface area contributed by atoms with Crippen LogP contribution in [0.4, 0.5) is 5.69 Å². The fourth-order valence-corrected chi connectivity index (χ4v) is 2.55. The van der Waals surface area contributed by atoms with Crippen molar-refractivity contribution in [3.8, 4) is 0 Å². The van der Waals surface area contributed by atoms with E-state index in [4.69, 9.17) is 11.6 Å². The summed E-state index contributed by atoms with van der Waals surface area (Å²) in [6, 6.07) is 7.66. The van der Waals surface area contributed by atoms with Crippen molar-refractivity contribution in [2.75, 3.05) is 18.1 Å². The molecule has 0 unspecified atom stereocenters. The first kappa shape index (κ1) is 19.2. The Morgan fingerprint density at radius 3 is 2.60 bits per heavy atom. The smallest absolute Gasteiger partial charge is 0.271 e. The van der Waals surface area contributed by atoms with E-state index in [0.29, 0.717) is 5.16 Å². The van der Waals surface area contributed by atoms with Crippen LogP contribution >= 0.6 is 23.4 Å². The third-order valence-electron chi connectivity index (χ3n) is 3.40. The molecule has 0 aliphatic carbocycles. The Morgan fingerprint density at radius 1 is 1.24 bits per heavy atom. The number of aryl methyl sites for hydroxylation is 1. The normalized spacial score (nSPS) is 10.4. The number of halogens is 1. The highest BCUT2D eigenvalue weighted by Crippen LogP contribution is 2.16.